The van der Waals surface area contributed by atoms with E-state index < -0.39 is 22.0 Å². The molecule has 0 bridgehead atoms. The molecule has 1 saturated carbocycles. The molecule has 3 unspecified atom stereocenters. The van der Waals surface area contributed by atoms with Crippen molar-refractivity contribution in [2.75, 3.05) is 5.32 Å². The Bertz CT molecular complexity index is 956. The summed E-state index contributed by atoms with van der Waals surface area (Å²) < 4.78 is 27.0. The van der Waals surface area contributed by atoms with Gasteiger partial charge < -0.3 is 5.32 Å². The zero-order valence-electron chi connectivity index (χ0n) is 16.0. The number of anilines is 1. The summed E-state index contributed by atoms with van der Waals surface area (Å²) in [6, 6.07) is 4.87. The Labute approximate surface area is 169 Å². The maximum Gasteiger partial charge on any atom is 0.247 e. The molecular weight excluding hydrogens is 394 g/mol. The minimum absolute atomic E-state index is 0.00894. The van der Waals surface area contributed by atoms with E-state index >= 15 is 0 Å². The second kappa shape index (κ2) is 7.38. The number of rotatable bonds is 6. The Morgan fingerprint density at radius 1 is 1.03 bits per heavy atom. The van der Waals surface area contributed by atoms with Crippen LogP contribution in [0.25, 0.3) is 0 Å². The topological polar surface area (TPSA) is 113 Å². The van der Waals surface area contributed by atoms with Gasteiger partial charge in [-0.1, -0.05) is 12.2 Å². The fraction of sp³-hybridized carbons (Fsp3) is 0.450. The van der Waals surface area contributed by atoms with Crippen molar-refractivity contribution < 1.29 is 22.8 Å². The van der Waals surface area contributed by atoms with Gasteiger partial charge in [-0.25, -0.2) is 13.1 Å². The van der Waals surface area contributed by atoms with Gasteiger partial charge in [0.1, 0.15) is 6.04 Å². The van der Waals surface area contributed by atoms with E-state index in [1.54, 1.807) is 0 Å². The lowest BCUT2D eigenvalue weighted by molar-refractivity contribution is -0.146. The molecule has 0 aromatic heterocycles. The molecule has 1 aromatic carbocycles. The van der Waals surface area contributed by atoms with Crippen LogP contribution in [0.5, 0.6) is 0 Å². The summed E-state index contributed by atoms with van der Waals surface area (Å²) in [5.41, 5.74) is 0.394. The quantitative estimate of drug-likeness (QED) is 0.537. The van der Waals surface area contributed by atoms with Gasteiger partial charge in [-0.05, 0) is 56.9 Å². The number of nitrogens with one attached hydrogen (secondary N) is 2. The summed E-state index contributed by atoms with van der Waals surface area (Å²) in [7, 11) is -3.56. The van der Waals surface area contributed by atoms with Gasteiger partial charge >= 0.3 is 0 Å². The monoisotopic (exact) mass is 417 g/mol. The Morgan fingerprint density at radius 3 is 2.10 bits per heavy atom. The van der Waals surface area contributed by atoms with E-state index in [0.717, 1.165) is 17.7 Å². The molecule has 3 atom stereocenters. The number of fused-ring (bicyclic) bond motifs is 1. The van der Waals surface area contributed by atoms with Crippen LogP contribution in [0.3, 0.4) is 0 Å². The number of hydrogen-bond donors (Lipinski definition) is 2. The number of benzene rings is 1. The van der Waals surface area contributed by atoms with E-state index in [9.17, 15) is 22.8 Å². The van der Waals surface area contributed by atoms with E-state index in [2.05, 4.69) is 10.0 Å². The molecule has 0 radical (unpaired) electrons. The first-order valence-electron chi connectivity index (χ1n) is 9.73. The predicted molar refractivity (Wildman–Crippen MR) is 105 cm³/mol. The average Bonchev–Trinajstić information content (AvgIpc) is 3.47. The lowest BCUT2D eigenvalue weighted by Gasteiger charge is -2.22. The first kappa shape index (κ1) is 19.8. The number of imide groups is 1. The van der Waals surface area contributed by atoms with Gasteiger partial charge in [-0.2, -0.15) is 0 Å². The summed E-state index contributed by atoms with van der Waals surface area (Å²) in [5, 5.41) is 2.66. The molecule has 2 N–H and O–H groups in total. The van der Waals surface area contributed by atoms with Crippen molar-refractivity contribution >= 4 is 33.4 Å². The first-order valence-corrected chi connectivity index (χ1v) is 11.2. The molecule has 8 nitrogen and oxygen atoms in total. The molecule has 2 aliphatic carbocycles. The third-order valence-electron chi connectivity index (χ3n) is 5.64. The maximum absolute atomic E-state index is 12.6. The van der Waals surface area contributed by atoms with Crippen LogP contribution in [0, 0.1) is 11.8 Å². The van der Waals surface area contributed by atoms with Gasteiger partial charge in [0.2, 0.25) is 27.7 Å². The number of hydrogen-bond acceptors (Lipinski definition) is 5. The lowest BCUT2D eigenvalue weighted by Crippen LogP contribution is -2.46. The number of nitrogens with zero attached hydrogens (tertiary/aromatic N) is 1. The third-order valence-corrected chi connectivity index (χ3v) is 7.18. The molecule has 154 valence electrons. The second-order valence-electron chi connectivity index (χ2n) is 7.79. The van der Waals surface area contributed by atoms with E-state index in [1.165, 1.54) is 31.2 Å². The van der Waals surface area contributed by atoms with Crippen molar-refractivity contribution in [3.8, 4) is 0 Å². The summed E-state index contributed by atoms with van der Waals surface area (Å²) in [4.78, 5) is 39.0. The van der Waals surface area contributed by atoms with Gasteiger partial charge in [-0.3, -0.25) is 19.3 Å². The summed E-state index contributed by atoms with van der Waals surface area (Å²) in [5.74, 6) is -1.87. The SMILES string of the molecule is CC(C(=O)Nc1ccc(S(=O)(=O)NC2CC2)cc1)N1C(=O)C2CC=CCC2C1=O. The highest BCUT2D eigenvalue weighted by Crippen LogP contribution is 2.36. The number of allylic oxidation sites excluding steroid dienone is 2. The normalized spacial score (nSPS) is 25.1. The maximum atomic E-state index is 12.6. The molecule has 3 amide bonds. The van der Waals surface area contributed by atoms with Crippen LogP contribution in [0.2, 0.25) is 0 Å². The number of carbonyl (C=O) groups is 3. The smallest absolute Gasteiger partial charge is 0.247 e. The zero-order valence-corrected chi connectivity index (χ0v) is 16.8. The Balaban J connectivity index is 1.42. The van der Waals surface area contributed by atoms with Crippen molar-refractivity contribution in [3.63, 3.8) is 0 Å². The molecule has 2 fully saturated rings. The Hall–Kier alpha value is -2.52. The van der Waals surface area contributed by atoms with E-state index in [-0.39, 0.29) is 34.6 Å². The number of likely N-dealkylation sites (tertiary alicyclic amines) is 1. The van der Waals surface area contributed by atoms with Gasteiger partial charge in [0.15, 0.2) is 0 Å². The van der Waals surface area contributed by atoms with Crippen LogP contribution < -0.4 is 10.0 Å². The van der Waals surface area contributed by atoms with Crippen molar-refractivity contribution in [1.29, 1.82) is 0 Å². The van der Waals surface area contributed by atoms with Gasteiger partial charge in [-0.15, -0.1) is 0 Å². The van der Waals surface area contributed by atoms with Crippen LogP contribution in [-0.4, -0.2) is 43.1 Å². The standard InChI is InChI=1S/C20H23N3O5S/c1-12(23-19(25)16-4-2-3-5-17(16)20(23)26)18(24)21-13-8-10-15(11-9-13)29(27,28)22-14-6-7-14/h2-3,8-12,14,16-17,22H,4-7H2,1H3,(H,21,24). The third kappa shape index (κ3) is 3.84. The molecule has 1 aromatic rings. The van der Waals surface area contributed by atoms with Gasteiger partial charge in [0.25, 0.3) is 0 Å². The van der Waals surface area contributed by atoms with Crippen molar-refractivity contribution in [3.05, 3.63) is 36.4 Å². The molecule has 4 rings (SSSR count). The zero-order chi connectivity index (χ0) is 20.8. The molecule has 1 aliphatic heterocycles. The van der Waals surface area contributed by atoms with E-state index in [4.69, 9.17) is 0 Å². The lowest BCUT2D eigenvalue weighted by atomic mass is 9.85. The van der Waals surface area contributed by atoms with Crippen molar-refractivity contribution in [2.45, 2.75) is 49.6 Å². The molecule has 0 spiro atoms. The fourth-order valence-electron chi connectivity index (χ4n) is 3.78. The average molecular weight is 417 g/mol. The Morgan fingerprint density at radius 2 is 1.59 bits per heavy atom. The molecule has 29 heavy (non-hydrogen) atoms. The van der Waals surface area contributed by atoms with Crippen LogP contribution >= 0.6 is 0 Å². The largest absolute Gasteiger partial charge is 0.324 e. The minimum Gasteiger partial charge on any atom is -0.324 e. The summed E-state index contributed by atoms with van der Waals surface area (Å²) in [6.45, 7) is 1.52. The summed E-state index contributed by atoms with van der Waals surface area (Å²) in [6.07, 6.45) is 6.52. The van der Waals surface area contributed by atoms with Crippen molar-refractivity contribution in [2.24, 2.45) is 11.8 Å². The highest BCUT2D eigenvalue weighted by atomic mass is 32.2. The van der Waals surface area contributed by atoms with Crippen molar-refractivity contribution in [1.82, 2.24) is 9.62 Å². The van der Waals surface area contributed by atoms with Gasteiger partial charge in [0.05, 0.1) is 16.7 Å². The molecule has 3 aliphatic rings. The molecular formula is C20H23N3O5S. The second-order valence-corrected chi connectivity index (χ2v) is 9.50. The van der Waals surface area contributed by atoms with Crippen LogP contribution in [0.4, 0.5) is 5.69 Å². The van der Waals surface area contributed by atoms with Gasteiger partial charge in [0, 0.05) is 11.7 Å². The van der Waals surface area contributed by atoms with E-state index in [0.29, 0.717) is 18.5 Å². The Kier molecular flexibility index (Phi) is 5.04. The number of amides is 3. The minimum atomic E-state index is -3.56. The first-order chi connectivity index (χ1) is 13.8. The highest BCUT2D eigenvalue weighted by Gasteiger charge is 2.50. The molecule has 9 heteroatoms. The predicted octanol–water partition coefficient (Wildman–Crippen LogP) is 1.41. The number of carbonyl (C=O) groups excluding carboxylic acids is 3. The van der Waals surface area contributed by atoms with Crippen LogP contribution in [0.15, 0.2) is 41.3 Å². The van der Waals surface area contributed by atoms with E-state index in [1.807, 2.05) is 12.2 Å². The highest BCUT2D eigenvalue weighted by molar-refractivity contribution is 7.89. The van der Waals surface area contributed by atoms with Crippen LogP contribution in [0.1, 0.15) is 32.6 Å². The molecule has 1 saturated heterocycles. The number of sulfonamides is 1. The fourth-order valence-corrected chi connectivity index (χ4v) is 5.08. The molecule has 1 heterocycles. The van der Waals surface area contributed by atoms with Crippen LogP contribution in [-0.2, 0) is 24.4 Å². The summed E-state index contributed by atoms with van der Waals surface area (Å²) >= 11 is 0.